The summed E-state index contributed by atoms with van der Waals surface area (Å²) in [4.78, 5) is 10.4. The Labute approximate surface area is 169 Å². The van der Waals surface area contributed by atoms with Gasteiger partial charge in [0.1, 0.15) is 9.21 Å². The zero-order chi connectivity index (χ0) is 18.7. The molecule has 0 unspecified atom stereocenters. The van der Waals surface area contributed by atoms with Gasteiger partial charge in [-0.05, 0) is 56.1 Å². The van der Waals surface area contributed by atoms with Crippen molar-refractivity contribution in [3.63, 3.8) is 0 Å². The van der Waals surface area contributed by atoms with Crippen LogP contribution in [0.5, 0.6) is 0 Å². The average Bonchev–Trinajstić information content (AvgIpc) is 2.62. The van der Waals surface area contributed by atoms with Gasteiger partial charge in [-0.3, -0.25) is 0 Å². The number of halogens is 2. The van der Waals surface area contributed by atoms with Gasteiger partial charge in [0.25, 0.3) is 0 Å². The molecule has 0 aliphatic carbocycles. The second-order valence-corrected chi connectivity index (χ2v) is 7.60. The molecule has 0 spiro atoms. The Kier molecular flexibility index (Phi) is 5.74. The molecule has 0 bridgehead atoms. The minimum absolute atomic E-state index is 0.788. The van der Waals surface area contributed by atoms with Crippen molar-refractivity contribution in [1.29, 1.82) is 0 Å². The number of nitrogens with zero attached hydrogens (tertiary/aromatic N) is 3. The van der Waals surface area contributed by atoms with Crippen LogP contribution in [-0.2, 0) is 0 Å². The maximum Gasteiger partial charge on any atom is 0.106 e. The Morgan fingerprint density at radius 1 is 0.808 bits per heavy atom. The second kappa shape index (κ2) is 8.01. The quantitative estimate of drug-likeness (QED) is 0.287. The van der Waals surface area contributed by atoms with Crippen molar-refractivity contribution < 1.29 is 0 Å². The number of fused-ring (bicyclic) bond motifs is 2. The summed E-state index contributed by atoms with van der Waals surface area (Å²) in [5.41, 5.74) is 7.78. The highest BCUT2D eigenvalue weighted by Gasteiger charge is 2.03. The third-order valence-corrected chi connectivity index (χ3v) is 4.82. The minimum atomic E-state index is 0.788. The molecule has 0 radical (unpaired) electrons. The molecule has 4 nitrogen and oxygen atoms in total. The molecule has 26 heavy (non-hydrogen) atoms. The molecular weight excluding hydrogens is 456 g/mol. The Balaban J connectivity index is 0.000000152. The summed E-state index contributed by atoms with van der Waals surface area (Å²) >= 11 is 6.69. The van der Waals surface area contributed by atoms with Crippen molar-refractivity contribution in [2.24, 2.45) is 0 Å². The van der Waals surface area contributed by atoms with Crippen LogP contribution in [0.3, 0.4) is 0 Å². The standard InChI is InChI=1S/C11H11BrN2.C9H7BrN2/c1-14(2)10-5-3-4-8-7-13-11(12)6-9(8)10;10-9-4-7-6(5-12-9)2-1-3-8(7)11/h3-7H,1-2H3;1-5H,11H2. The molecule has 4 aromatic rings. The minimum Gasteiger partial charge on any atom is -0.398 e. The van der Waals surface area contributed by atoms with Gasteiger partial charge in [0.15, 0.2) is 0 Å². The van der Waals surface area contributed by atoms with Gasteiger partial charge in [-0.25, -0.2) is 9.97 Å². The molecule has 0 fully saturated rings. The van der Waals surface area contributed by atoms with Crippen LogP contribution in [0.2, 0.25) is 0 Å². The number of hydrogen-bond donors (Lipinski definition) is 1. The van der Waals surface area contributed by atoms with Crippen LogP contribution in [0.25, 0.3) is 21.5 Å². The topological polar surface area (TPSA) is 55.0 Å². The van der Waals surface area contributed by atoms with E-state index in [1.54, 1.807) is 6.20 Å². The zero-order valence-electron chi connectivity index (χ0n) is 14.4. The third-order valence-electron chi connectivity index (χ3n) is 3.95. The van der Waals surface area contributed by atoms with Gasteiger partial charge in [0.2, 0.25) is 0 Å². The lowest BCUT2D eigenvalue weighted by atomic mass is 10.1. The summed E-state index contributed by atoms with van der Waals surface area (Å²) in [6.45, 7) is 0. The fourth-order valence-corrected chi connectivity index (χ4v) is 3.35. The number of hydrogen-bond acceptors (Lipinski definition) is 4. The van der Waals surface area contributed by atoms with Crippen LogP contribution in [0.4, 0.5) is 11.4 Å². The first-order valence-electron chi connectivity index (χ1n) is 7.97. The summed E-state index contributed by atoms with van der Waals surface area (Å²) in [6.07, 6.45) is 3.68. The lowest BCUT2D eigenvalue weighted by molar-refractivity contribution is 1.14. The summed E-state index contributed by atoms with van der Waals surface area (Å²) < 4.78 is 1.69. The second-order valence-electron chi connectivity index (χ2n) is 5.98. The van der Waals surface area contributed by atoms with E-state index in [9.17, 15) is 0 Å². The molecule has 4 rings (SSSR count). The monoisotopic (exact) mass is 472 g/mol. The van der Waals surface area contributed by atoms with Gasteiger partial charge in [-0.15, -0.1) is 0 Å². The first-order chi connectivity index (χ1) is 12.5. The van der Waals surface area contributed by atoms with Gasteiger partial charge in [-0.2, -0.15) is 0 Å². The van der Waals surface area contributed by atoms with E-state index in [4.69, 9.17) is 5.73 Å². The SMILES string of the molecule is CN(C)c1cccc2cnc(Br)cc12.Nc1cccc2cnc(Br)cc12. The number of rotatable bonds is 1. The van der Waals surface area contributed by atoms with E-state index in [1.807, 2.05) is 56.7 Å². The Bertz CT molecular complexity index is 1060. The van der Waals surface area contributed by atoms with Crippen molar-refractivity contribution >= 4 is 64.8 Å². The highest BCUT2D eigenvalue weighted by molar-refractivity contribution is 9.10. The van der Waals surface area contributed by atoms with Crippen molar-refractivity contribution in [2.45, 2.75) is 0 Å². The number of anilines is 2. The van der Waals surface area contributed by atoms with Crippen LogP contribution in [0, 0.1) is 0 Å². The number of nitrogen functional groups attached to an aromatic ring is 1. The maximum absolute atomic E-state index is 5.78. The van der Waals surface area contributed by atoms with Gasteiger partial charge < -0.3 is 10.6 Å². The van der Waals surface area contributed by atoms with Gasteiger partial charge in [0.05, 0.1) is 0 Å². The number of aromatic nitrogens is 2. The van der Waals surface area contributed by atoms with Crippen LogP contribution in [-0.4, -0.2) is 24.1 Å². The molecule has 0 aliphatic heterocycles. The molecule has 0 atom stereocenters. The Hall–Kier alpha value is -2.18. The van der Waals surface area contributed by atoms with Crippen LogP contribution in [0.1, 0.15) is 0 Å². The predicted molar refractivity (Wildman–Crippen MR) is 118 cm³/mol. The van der Waals surface area contributed by atoms with Crippen molar-refractivity contribution in [1.82, 2.24) is 9.97 Å². The van der Waals surface area contributed by atoms with Gasteiger partial charge in [0, 0.05) is 59.4 Å². The van der Waals surface area contributed by atoms with Gasteiger partial charge >= 0.3 is 0 Å². The molecule has 0 amide bonds. The summed E-state index contributed by atoms with van der Waals surface area (Å²) in [5, 5.41) is 4.50. The van der Waals surface area contributed by atoms with Crippen LogP contribution in [0.15, 0.2) is 70.1 Å². The number of benzene rings is 2. The van der Waals surface area contributed by atoms with Crippen molar-refractivity contribution in [3.8, 4) is 0 Å². The fourth-order valence-electron chi connectivity index (χ4n) is 2.69. The molecule has 6 heteroatoms. The molecule has 2 aromatic carbocycles. The molecule has 0 saturated carbocycles. The Morgan fingerprint density at radius 2 is 1.35 bits per heavy atom. The molecule has 0 saturated heterocycles. The third kappa shape index (κ3) is 4.14. The van der Waals surface area contributed by atoms with Crippen LogP contribution < -0.4 is 10.6 Å². The average molecular weight is 474 g/mol. The highest BCUT2D eigenvalue weighted by Crippen LogP contribution is 2.26. The van der Waals surface area contributed by atoms with E-state index in [0.717, 1.165) is 25.7 Å². The summed E-state index contributed by atoms with van der Waals surface area (Å²) in [6, 6.07) is 16.0. The fraction of sp³-hybridized carbons (Fsp3) is 0.100. The molecule has 0 aliphatic rings. The van der Waals surface area contributed by atoms with Crippen LogP contribution >= 0.6 is 31.9 Å². The van der Waals surface area contributed by atoms with E-state index >= 15 is 0 Å². The van der Waals surface area contributed by atoms with E-state index in [1.165, 1.54) is 16.5 Å². The Morgan fingerprint density at radius 3 is 1.96 bits per heavy atom. The molecule has 2 heterocycles. The first-order valence-corrected chi connectivity index (χ1v) is 9.55. The van der Waals surface area contributed by atoms with Gasteiger partial charge in [-0.1, -0.05) is 24.3 Å². The highest BCUT2D eigenvalue weighted by atomic mass is 79.9. The normalized spacial score (nSPS) is 10.5. The van der Waals surface area contributed by atoms with E-state index in [-0.39, 0.29) is 0 Å². The lowest BCUT2D eigenvalue weighted by Gasteiger charge is -2.15. The first kappa shape index (κ1) is 18.6. The zero-order valence-corrected chi connectivity index (χ0v) is 17.6. The number of pyridine rings is 2. The largest absolute Gasteiger partial charge is 0.398 e. The summed E-state index contributed by atoms with van der Waals surface area (Å²) in [7, 11) is 4.09. The van der Waals surface area contributed by atoms with Crippen molar-refractivity contribution in [3.05, 3.63) is 70.1 Å². The predicted octanol–water partition coefficient (Wildman–Crippen LogP) is 5.64. The molecule has 2 N–H and O–H groups in total. The van der Waals surface area contributed by atoms with E-state index in [0.29, 0.717) is 0 Å². The number of nitrogens with two attached hydrogens (primary N) is 1. The van der Waals surface area contributed by atoms with E-state index < -0.39 is 0 Å². The molecular formula is C20H18Br2N4. The molecule has 132 valence electrons. The maximum atomic E-state index is 5.78. The lowest BCUT2D eigenvalue weighted by Crippen LogP contribution is -2.08. The van der Waals surface area contributed by atoms with Crippen molar-refractivity contribution in [2.75, 3.05) is 24.7 Å². The molecule has 2 aromatic heterocycles. The van der Waals surface area contributed by atoms with E-state index in [2.05, 4.69) is 58.9 Å². The summed E-state index contributed by atoms with van der Waals surface area (Å²) in [5.74, 6) is 0. The smallest absolute Gasteiger partial charge is 0.106 e.